The summed E-state index contributed by atoms with van der Waals surface area (Å²) in [4.78, 5) is 38.9. The third-order valence-electron chi connectivity index (χ3n) is 10.5. The van der Waals surface area contributed by atoms with Crippen LogP contribution in [0.2, 0.25) is 5.02 Å². The first-order valence-corrected chi connectivity index (χ1v) is 20.0. The molecular weight excluding hydrogens is 765 g/mol. The quantitative estimate of drug-likeness (QED) is 0.103. The van der Waals surface area contributed by atoms with Crippen molar-refractivity contribution in [1.29, 1.82) is 0 Å². The van der Waals surface area contributed by atoms with Crippen LogP contribution in [-0.4, -0.2) is 76.6 Å². The van der Waals surface area contributed by atoms with E-state index in [9.17, 15) is 36.3 Å². The SMILES string of the molecule is CC(C)(CNC(=O)c1ccc(Nc2nc(NC3(c4ccc(Cl)cc4)CC3)nc(OCC(F)(F)F)n2)cc1)C(O)N[C@]1(C(=O)NS(=O)(=O)C2CC2)C[C@H]1C1CC1. The molecular formula is C36H42ClF3N8O6S. The van der Waals surface area contributed by atoms with E-state index in [-0.39, 0.29) is 35.8 Å². The fraction of sp³-hybridized carbons (Fsp3) is 0.528. The minimum absolute atomic E-state index is 0.00278. The Morgan fingerprint density at radius 2 is 1.64 bits per heavy atom. The first-order valence-electron chi connectivity index (χ1n) is 18.0. The van der Waals surface area contributed by atoms with Crippen molar-refractivity contribution < 1.29 is 41.0 Å². The van der Waals surface area contributed by atoms with E-state index < -0.39 is 68.6 Å². The number of aromatic nitrogens is 3. The average molecular weight is 807 g/mol. The number of aliphatic hydroxyl groups excluding tert-OH is 1. The standard InChI is InChI=1S/C36H42ClF3N8O6S/c1-33(2,28(50)46-35(17-26(35)20-3-4-20)29(51)48-55(52,53)25-13-14-25)18-41-27(49)21-5-11-24(12-6-21)42-30-43-31(45-32(44-30)54-19-36(38,39)40)47-34(15-16-34)22-7-9-23(37)10-8-22/h5-12,20,25-26,28,46,50H,3-4,13-19H2,1-2H3,(H,41,49)(H,48,51)(H2,42,43,44,45,47)/t26-,28?,35+/m0/s1. The van der Waals surface area contributed by atoms with Gasteiger partial charge in [0, 0.05) is 28.2 Å². The Kier molecular flexibility index (Phi) is 10.2. The number of carbonyl (C=O) groups is 2. The van der Waals surface area contributed by atoms with E-state index >= 15 is 0 Å². The maximum atomic E-state index is 13.3. The third-order valence-corrected chi connectivity index (χ3v) is 12.6. The van der Waals surface area contributed by atoms with E-state index in [0.717, 1.165) is 31.2 Å². The van der Waals surface area contributed by atoms with Crippen LogP contribution in [0.3, 0.4) is 0 Å². The van der Waals surface area contributed by atoms with Crippen LogP contribution in [-0.2, 0) is 20.4 Å². The summed E-state index contributed by atoms with van der Waals surface area (Å²) in [6.45, 7) is 1.83. The van der Waals surface area contributed by atoms with Crippen molar-refractivity contribution in [3.63, 3.8) is 0 Å². The lowest BCUT2D eigenvalue weighted by Gasteiger charge is -2.34. The van der Waals surface area contributed by atoms with E-state index in [4.69, 9.17) is 16.3 Å². The number of alkyl halides is 3. The minimum Gasteiger partial charge on any atom is -0.454 e. The van der Waals surface area contributed by atoms with Gasteiger partial charge >= 0.3 is 12.2 Å². The highest BCUT2D eigenvalue weighted by molar-refractivity contribution is 7.91. The molecule has 1 aromatic heterocycles. The van der Waals surface area contributed by atoms with Crippen LogP contribution in [0.5, 0.6) is 6.01 Å². The van der Waals surface area contributed by atoms with Crippen LogP contribution >= 0.6 is 11.6 Å². The van der Waals surface area contributed by atoms with Crippen molar-refractivity contribution in [2.75, 3.05) is 23.8 Å². The molecule has 0 spiro atoms. The molecule has 55 heavy (non-hydrogen) atoms. The summed E-state index contributed by atoms with van der Waals surface area (Å²) in [6.07, 6.45) is -1.11. The molecule has 6 N–H and O–H groups in total. The van der Waals surface area contributed by atoms with Gasteiger partial charge in [0.2, 0.25) is 21.9 Å². The number of amides is 2. The molecule has 0 saturated heterocycles. The molecule has 4 saturated carbocycles. The second kappa shape index (κ2) is 14.4. The fourth-order valence-electron chi connectivity index (χ4n) is 6.58. The van der Waals surface area contributed by atoms with Crippen molar-refractivity contribution >= 4 is 51.0 Å². The predicted octanol–water partition coefficient (Wildman–Crippen LogP) is 4.75. The molecule has 19 heteroatoms. The number of carbonyl (C=O) groups excluding carboxylic acids is 2. The third kappa shape index (κ3) is 9.24. The Balaban J connectivity index is 0.977. The van der Waals surface area contributed by atoms with Gasteiger partial charge in [0.25, 0.3) is 11.8 Å². The highest BCUT2D eigenvalue weighted by Crippen LogP contribution is 2.58. The number of benzene rings is 2. The molecule has 3 atom stereocenters. The molecule has 4 aliphatic carbocycles. The van der Waals surface area contributed by atoms with Gasteiger partial charge in [0.05, 0.1) is 10.8 Å². The van der Waals surface area contributed by atoms with Crippen LogP contribution < -0.4 is 30.7 Å². The maximum absolute atomic E-state index is 13.3. The molecule has 3 aromatic rings. The van der Waals surface area contributed by atoms with Gasteiger partial charge < -0.3 is 25.8 Å². The number of sulfonamides is 1. The maximum Gasteiger partial charge on any atom is 0.422 e. The number of hydrogen-bond donors (Lipinski definition) is 6. The van der Waals surface area contributed by atoms with Crippen molar-refractivity contribution in [1.82, 2.24) is 30.3 Å². The van der Waals surface area contributed by atoms with Crippen molar-refractivity contribution in [2.24, 2.45) is 17.3 Å². The monoisotopic (exact) mass is 806 g/mol. The van der Waals surface area contributed by atoms with Crippen LogP contribution in [0.1, 0.15) is 74.7 Å². The predicted molar refractivity (Wildman–Crippen MR) is 196 cm³/mol. The number of hydrogen-bond acceptors (Lipinski definition) is 12. The van der Waals surface area contributed by atoms with Crippen LogP contribution in [0.25, 0.3) is 0 Å². The largest absolute Gasteiger partial charge is 0.454 e. The van der Waals surface area contributed by atoms with Crippen molar-refractivity contribution in [2.45, 2.75) is 87.5 Å². The number of halogens is 4. The van der Waals surface area contributed by atoms with Crippen molar-refractivity contribution in [3.8, 4) is 6.01 Å². The molecule has 0 radical (unpaired) electrons. The zero-order valence-electron chi connectivity index (χ0n) is 30.0. The fourth-order valence-corrected chi connectivity index (χ4v) is 8.07. The van der Waals surface area contributed by atoms with E-state index in [1.54, 1.807) is 38.1 Å². The minimum atomic E-state index is -4.62. The second-order valence-electron chi connectivity index (χ2n) is 15.6. The van der Waals surface area contributed by atoms with Gasteiger partial charge in [0.1, 0.15) is 11.8 Å². The highest BCUT2D eigenvalue weighted by atomic mass is 35.5. The number of anilines is 3. The lowest BCUT2D eigenvalue weighted by atomic mass is 9.89. The summed E-state index contributed by atoms with van der Waals surface area (Å²) in [7, 11) is -3.77. The first-order chi connectivity index (χ1) is 25.9. The Morgan fingerprint density at radius 3 is 2.24 bits per heavy atom. The highest BCUT2D eigenvalue weighted by Gasteiger charge is 2.66. The summed E-state index contributed by atoms with van der Waals surface area (Å²) in [6, 6.07) is 12.8. The van der Waals surface area contributed by atoms with E-state index in [0.29, 0.717) is 30.0 Å². The molecule has 1 heterocycles. The normalized spacial score (nSPS) is 22.3. The van der Waals surface area contributed by atoms with Gasteiger partial charge in [-0.3, -0.25) is 19.6 Å². The second-order valence-corrected chi connectivity index (χ2v) is 18.0. The summed E-state index contributed by atoms with van der Waals surface area (Å²) < 4.78 is 71.1. The summed E-state index contributed by atoms with van der Waals surface area (Å²) in [5.41, 5.74) is -1.12. The van der Waals surface area contributed by atoms with Crippen LogP contribution in [0, 0.1) is 17.3 Å². The van der Waals surface area contributed by atoms with Gasteiger partial charge in [0.15, 0.2) is 6.61 Å². The van der Waals surface area contributed by atoms with Gasteiger partial charge in [-0.25, -0.2) is 8.42 Å². The molecule has 0 bridgehead atoms. The van der Waals surface area contributed by atoms with Gasteiger partial charge in [-0.2, -0.15) is 28.1 Å². The van der Waals surface area contributed by atoms with Gasteiger partial charge in [-0.1, -0.05) is 37.6 Å². The molecule has 0 aliphatic heterocycles. The molecule has 14 nitrogen and oxygen atoms in total. The van der Waals surface area contributed by atoms with Gasteiger partial charge in [-0.15, -0.1) is 0 Å². The zero-order valence-corrected chi connectivity index (χ0v) is 31.6. The Bertz CT molecular complexity index is 2050. The first kappa shape index (κ1) is 39.0. The zero-order chi connectivity index (χ0) is 39.4. The molecule has 4 fully saturated rings. The number of nitrogens with zero attached hydrogens (tertiary/aromatic N) is 3. The number of nitrogens with one attached hydrogen (secondary N) is 5. The molecule has 7 rings (SSSR count). The summed E-state index contributed by atoms with van der Waals surface area (Å²) in [5, 5.41) is 23.2. The Morgan fingerprint density at radius 1 is 0.982 bits per heavy atom. The van der Waals surface area contributed by atoms with Crippen LogP contribution in [0.15, 0.2) is 48.5 Å². The number of aliphatic hydroxyl groups is 1. The lowest BCUT2D eigenvalue weighted by molar-refractivity contribution is -0.154. The van der Waals surface area contributed by atoms with Crippen LogP contribution in [0.4, 0.5) is 30.8 Å². The number of ether oxygens (including phenoxy) is 1. The lowest BCUT2D eigenvalue weighted by Crippen LogP contribution is -2.58. The topological polar surface area (TPSA) is 197 Å². The van der Waals surface area contributed by atoms with Gasteiger partial charge in [-0.05, 0) is 98.7 Å². The Hall–Kier alpha value is -4.26. The molecule has 4 aliphatic rings. The molecule has 2 amide bonds. The Labute approximate surface area is 320 Å². The van der Waals surface area contributed by atoms with Crippen molar-refractivity contribution in [3.05, 3.63) is 64.7 Å². The average Bonchev–Trinajstić information content (AvgIpc) is 3.93. The van der Waals surface area contributed by atoms with E-state index in [1.807, 2.05) is 12.1 Å². The van der Waals surface area contributed by atoms with E-state index in [2.05, 4.69) is 40.9 Å². The van der Waals surface area contributed by atoms with E-state index in [1.165, 1.54) is 12.1 Å². The molecule has 1 unspecified atom stereocenters. The smallest absolute Gasteiger partial charge is 0.422 e. The summed E-state index contributed by atoms with van der Waals surface area (Å²) >= 11 is 6.04. The molecule has 296 valence electrons. The summed E-state index contributed by atoms with van der Waals surface area (Å²) in [5.74, 6) is -1.00. The molecule has 2 aromatic carbocycles. The number of rotatable bonds is 17.